The molecular weight excluding hydrogens is 384 g/mol. The second-order valence-corrected chi connectivity index (χ2v) is 8.82. The maximum atomic E-state index is 13.4. The molecule has 2 amide bonds. The van der Waals surface area contributed by atoms with Gasteiger partial charge in [0.1, 0.15) is 11.3 Å². The van der Waals surface area contributed by atoms with Crippen LogP contribution in [0.3, 0.4) is 0 Å². The maximum Gasteiger partial charge on any atom is 0.277 e. The van der Waals surface area contributed by atoms with E-state index in [1.54, 1.807) is 11.8 Å². The molecule has 1 N–H and O–H groups in total. The van der Waals surface area contributed by atoms with Crippen molar-refractivity contribution in [2.75, 3.05) is 19.6 Å². The number of aromatic nitrogens is 2. The second-order valence-electron chi connectivity index (χ2n) is 8.82. The van der Waals surface area contributed by atoms with Crippen LogP contribution in [0.15, 0.2) is 35.3 Å². The highest BCUT2D eigenvalue weighted by Crippen LogP contribution is 2.42. The highest BCUT2D eigenvalue weighted by molar-refractivity contribution is 5.95. The molecule has 1 aromatic heterocycles. The highest BCUT2D eigenvalue weighted by atomic mass is 16.5. The molecule has 5 rings (SSSR count). The highest BCUT2D eigenvalue weighted by Gasteiger charge is 2.54. The molecule has 3 aliphatic rings. The van der Waals surface area contributed by atoms with Gasteiger partial charge in [0.25, 0.3) is 11.5 Å². The zero-order chi connectivity index (χ0) is 21.0. The summed E-state index contributed by atoms with van der Waals surface area (Å²) in [7, 11) is 0. The number of fused-ring (bicyclic) bond motifs is 1. The quantitative estimate of drug-likeness (QED) is 0.809. The number of benzene rings is 1. The molecule has 2 aliphatic heterocycles. The monoisotopic (exact) mass is 408 g/mol. The Morgan fingerprint density at radius 2 is 1.90 bits per heavy atom. The number of carbonyl (C=O) groups is 2. The number of likely N-dealkylation sites (tertiary alicyclic amines) is 1. The summed E-state index contributed by atoms with van der Waals surface area (Å²) in [5, 5.41) is 6.12. The Labute approximate surface area is 173 Å². The van der Waals surface area contributed by atoms with Crippen molar-refractivity contribution in [3.8, 4) is 5.75 Å². The molecule has 1 aliphatic carbocycles. The molecule has 1 saturated heterocycles. The van der Waals surface area contributed by atoms with Crippen LogP contribution in [0.5, 0.6) is 5.75 Å². The van der Waals surface area contributed by atoms with Gasteiger partial charge in [0.15, 0.2) is 5.60 Å². The largest absolute Gasteiger partial charge is 0.481 e. The number of nitrogens with zero attached hydrogens (tertiary/aromatic N) is 3. The lowest BCUT2D eigenvalue weighted by Gasteiger charge is -2.50. The Morgan fingerprint density at radius 3 is 2.60 bits per heavy atom. The number of hydrogen-bond donors (Lipinski definition) is 1. The van der Waals surface area contributed by atoms with Gasteiger partial charge in [-0.25, -0.2) is 5.10 Å². The summed E-state index contributed by atoms with van der Waals surface area (Å²) in [6.45, 7) is 5.33. The average Bonchev–Trinajstić information content (AvgIpc) is 3.44. The van der Waals surface area contributed by atoms with Gasteiger partial charge in [-0.05, 0) is 30.9 Å². The Balaban J connectivity index is 1.45. The minimum absolute atomic E-state index is 0.0959. The van der Waals surface area contributed by atoms with Crippen LogP contribution in [0.4, 0.5) is 0 Å². The third-order valence-electron chi connectivity index (χ3n) is 6.38. The van der Waals surface area contributed by atoms with Crippen LogP contribution in [-0.4, -0.2) is 57.0 Å². The smallest absolute Gasteiger partial charge is 0.277 e. The molecule has 0 radical (unpaired) electrons. The number of aromatic amines is 1. The molecule has 2 fully saturated rings. The number of ether oxygens (including phenoxy) is 1. The molecule has 8 nitrogen and oxygen atoms in total. The lowest BCUT2D eigenvalue weighted by Crippen LogP contribution is -2.70. The summed E-state index contributed by atoms with van der Waals surface area (Å²) < 4.78 is 6.38. The van der Waals surface area contributed by atoms with Gasteiger partial charge in [-0.15, -0.1) is 0 Å². The number of hydrogen-bond acceptors (Lipinski definition) is 5. The van der Waals surface area contributed by atoms with Crippen molar-refractivity contribution >= 4 is 11.8 Å². The number of carbonyl (C=O) groups excluding carboxylic acids is 2. The van der Waals surface area contributed by atoms with Gasteiger partial charge in [0.2, 0.25) is 5.91 Å². The fourth-order valence-corrected chi connectivity index (χ4v) is 4.53. The normalized spacial score (nSPS) is 23.8. The fourth-order valence-electron chi connectivity index (χ4n) is 4.53. The van der Waals surface area contributed by atoms with Gasteiger partial charge in [0, 0.05) is 18.0 Å². The Bertz CT molecular complexity index is 1090. The Kier molecular flexibility index (Phi) is 4.20. The number of para-hydroxylation sites is 1. The standard InChI is InChI=1S/C22H24N4O4/c1-13-7-16(13)20(28)26-11-22(12-26)10-25(9-15-5-3-4-6-17(15)30-22)21(29)18-14(2)8-23-24-19(18)27/h3-6,8,13,16H,7,9-12H2,1-2H3,(H,24,27)/t13-,16-/m0/s1. The Morgan fingerprint density at radius 1 is 1.20 bits per heavy atom. The van der Waals surface area contributed by atoms with Crippen LogP contribution in [0.2, 0.25) is 0 Å². The molecule has 30 heavy (non-hydrogen) atoms. The minimum atomic E-state index is -0.663. The van der Waals surface area contributed by atoms with Crippen molar-refractivity contribution in [3.63, 3.8) is 0 Å². The van der Waals surface area contributed by atoms with Crippen LogP contribution in [0.25, 0.3) is 0 Å². The molecule has 0 bridgehead atoms. The van der Waals surface area contributed by atoms with E-state index < -0.39 is 11.2 Å². The molecule has 2 atom stereocenters. The predicted octanol–water partition coefficient (Wildman–Crippen LogP) is 1.35. The molecule has 1 saturated carbocycles. The van der Waals surface area contributed by atoms with Crippen LogP contribution in [-0.2, 0) is 11.3 Å². The van der Waals surface area contributed by atoms with Crippen molar-refractivity contribution in [1.82, 2.24) is 20.0 Å². The first-order valence-electron chi connectivity index (χ1n) is 10.3. The number of rotatable bonds is 2. The van der Waals surface area contributed by atoms with Gasteiger partial charge in [-0.3, -0.25) is 14.4 Å². The van der Waals surface area contributed by atoms with E-state index in [0.29, 0.717) is 37.7 Å². The minimum Gasteiger partial charge on any atom is -0.481 e. The van der Waals surface area contributed by atoms with E-state index in [-0.39, 0.29) is 23.3 Å². The molecule has 3 heterocycles. The van der Waals surface area contributed by atoms with E-state index in [9.17, 15) is 14.4 Å². The van der Waals surface area contributed by atoms with Crippen molar-refractivity contribution in [3.05, 3.63) is 57.5 Å². The number of H-pyrrole nitrogens is 1. The summed E-state index contributed by atoms with van der Waals surface area (Å²) in [5.74, 6) is 1.12. The molecule has 156 valence electrons. The summed E-state index contributed by atoms with van der Waals surface area (Å²) in [6, 6.07) is 7.61. The first kappa shape index (κ1) is 18.8. The first-order chi connectivity index (χ1) is 14.4. The van der Waals surface area contributed by atoms with Gasteiger partial charge < -0.3 is 14.5 Å². The van der Waals surface area contributed by atoms with Crippen molar-refractivity contribution in [1.29, 1.82) is 0 Å². The van der Waals surface area contributed by atoms with Gasteiger partial charge in [-0.1, -0.05) is 25.1 Å². The van der Waals surface area contributed by atoms with Crippen LogP contribution < -0.4 is 10.3 Å². The van der Waals surface area contributed by atoms with E-state index >= 15 is 0 Å². The molecule has 8 heteroatoms. The summed E-state index contributed by atoms with van der Waals surface area (Å²) in [4.78, 5) is 41.8. The predicted molar refractivity (Wildman–Crippen MR) is 108 cm³/mol. The van der Waals surface area contributed by atoms with Crippen LogP contribution >= 0.6 is 0 Å². The summed E-state index contributed by atoms with van der Waals surface area (Å²) in [5.41, 5.74) is 0.346. The SMILES string of the molecule is Cc1cn[nH]c(=O)c1C(=O)N1Cc2ccccc2OC2(C1)CN(C(=O)[C@H]1C[C@@H]1C)C2. The van der Waals surface area contributed by atoms with Crippen molar-refractivity contribution in [2.45, 2.75) is 32.4 Å². The zero-order valence-corrected chi connectivity index (χ0v) is 17.1. The summed E-state index contributed by atoms with van der Waals surface area (Å²) >= 11 is 0. The molecule has 2 aromatic rings. The van der Waals surface area contributed by atoms with Gasteiger partial charge in [-0.2, -0.15) is 5.10 Å². The Hall–Kier alpha value is -3.16. The fraction of sp³-hybridized carbons (Fsp3) is 0.455. The van der Waals surface area contributed by atoms with E-state index in [4.69, 9.17) is 4.74 Å². The lowest BCUT2D eigenvalue weighted by molar-refractivity contribution is -0.153. The van der Waals surface area contributed by atoms with Crippen LogP contribution in [0.1, 0.15) is 34.8 Å². The van der Waals surface area contributed by atoms with Crippen molar-refractivity contribution < 1.29 is 14.3 Å². The molecular formula is C22H24N4O4. The van der Waals surface area contributed by atoms with E-state index in [1.807, 2.05) is 29.2 Å². The first-order valence-corrected chi connectivity index (χ1v) is 10.3. The topological polar surface area (TPSA) is 95.6 Å². The average molecular weight is 408 g/mol. The molecule has 1 aromatic carbocycles. The van der Waals surface area contributed by atoms with E-state index in [1.165, 1.54) is 6.20 Å². The lowest BCUT2D eigenvalue weighted by atomic mass is 9.92. The van der Waals surface area contributed by atoms with Crippen molar-refractivity contribution in [2.24, 2.45) is 11.8 Å². The number of aryl methyl sites for hydroxylation is 1. The third kappa shape index (κ3) is 3.07. The van der Waals surface area contributed by atoms with Gasteiger partial charge >= 0.3 is 0 Å². The number of nitrogens with one attached hydrogen (secondary N) is 1. The molecule has 1 spiro atoms. The van der Waals surface area contributed by atoms with E-state index in [2.05, 4.69) is 17.1 Å². The van der Waals surface area contributed by atoms with Gasteiger partial charge in [0.05, 0.1) is 25.8 Å². The maximum absolute atomic E-state index is 13.4. The van der Waals surface area contributed by atoms with E-state index in [0.717, 1.165) is 17.7 Å². The third-order valence-corrected chi connectivity index (χ3v) is 6.38. The zero-order valence-electron chi connectivity index (χ0n) is 17.1. The van der Waals surface area contributed by atoms with Crippen LogP contribution in [0, 0.1) is 18.8 Å². The number of amides is 2. The second kappa shape index (κ2) is 6.68. The summed E-state index contributed by atoms with van der Waals surface area (Å²) in [6.07, 6.45) is 2.42. The molecule has 0 unspecified atom stereocenters.